The second-order valence-corrected chi connectivity index (χ2v) is 2.22. The zero-order valence-corrected chi connectivity index (χ0v) is 11.7. The Labute approximate surface area is 104 Å². The molecule has 3 heteroatoms. The minimum atomic E-state index is 0. The predicted octanol–water partition coefficient (Wildman–Crippen LogP) is 2.02. The topological polar surface area (TPSA) is 9.23 Å². The van der Waals surface area contributed by atoms with E-state index in [1.165, 1.54) is 12.8 Å². The fourth-order valence-corrected chi connectivity index (χ4v) is 0.884. The molecule has 0 heterocycles. The molecule has 0 spiro atoms. The van der Waals surface area contributed by atoms with E-state index >= 15 is 0 Å². The van der Waals surface area contributed by atoms with Crippen LogP contribution in [0.2, 0.25) is 0 Å². The van der Waals surface area contributed by atoms with Gasteiger partial charge < -0.3 is 10.7 Å². The summed E-state index contributed by atoms with van der Waals surface area (Å²) in [6.07, 6.45) is 2.94. The zero-order valence-electron chi connectivity index (χ0n) is 5.89. The van der Waals surface area contributed by atoms with Crippen LogP contribution in [-0.2, 0) is 58.5 Å². The van der Waals surface area contributed by atoms with Crippen molar-refractivity contribution in [1.29, 1.82) is 0 Å². The summed E-state index contributed by atoms with van der Waals surface area (Å²) in [7, 11) is 1.77. The van der Waals surface area contributed by atoms with Crippen LogP contribution >= 0.6 is 0 Å². The predicted molar refractivity (Wildman–Crippen MR) is 35.7 cm³/mol. The fourth-order valence-electron chi connectivity index (χ4n) is 0.884. The van der Waals surface area contributed by atoms with Crippen molar-refractivity contribution < 1.29 is 58.5 Å². The normalized spacial score (nSPS) is 17.4. The van der Waals surface area contributed by atoms with E-state index < -0.39 is 0 Å². The molecule has 0 aliphatic heterocycles. The van der Waals surface area contributed by atoms with Crippen LogP contribution in [-0.4, -0.2) is 13.2 Å². The molecular formula is C7H15OWY-. The van der Waals surface area contributed by atoms with Gasteiger partial charge in [0.25, 0.3) is 0 Å². The average molecular weight is 388 g/mol. The van der Waals surface area contributed by atoms with Crippen LogP contribution < -0.4 is 0 Å². The van der Waals surface area contributed by atoms with Crippen molar-refractivity contribution in [2.45, 2.75) is 33.3 Å². The Morgan fingerprint density at radius 3 is 1.90 bits per heavy atom. The molecular weight excluding hydrogens is 373 g/mol. The third-order valence-electron chi connectivity index (χ3n) is 1.49. The number of rotatable bonds is 1. The summed E-state index contributed by atoms with van der Waals surface area (Å²) in [4.78, 5) is 0. The van der Waals surface area contributed by atoms with Gasteiger partial charge >= 0.3 is 0 Å². The van der Waals surface area contributed by atoms with E-state index in [-0.39, 0.29) is 61.2 Å². The second kappa shape index (κ2) is 8.85. The van der Waals surface area contributed by atoms with Crippen molar-refractivity contribution in [1.82, 2.24) is 0 Å². The van der Waals surface area contributed by atoms with Crippen LogP contribution in [0.5, 0.6) is 0 Å². The molecule has 0 amide bonds. The Hall–Kier alpha value is 1.75. The SMILES string of the molecule is C.COC1C[C-](C)C1.[W].[Y]. The number of methoxy groups -OCH3 is 1. The number of ether oxygens (including phenoxy) is 1. The molecule has 0 atom stereocenters. The molecule has 59 valence electrons. The molecule has 0 aromatic carbocycles. The second-order valence-electron chi connectivity index (χ2n) is 2.22. The molecule has 10 heavy (non-hydrogen) atoms. The quantitative estimate of drug-likeness (QED) is 0.625. The standard InChI is InChI=1S/C6H11O.CH4.W.Y/c1-5-3-6(4-5)7-2;;;/h6H,3-4H2,1-2H3;1H4;;/q-1;;;. The van der Waals surface area contributed by atoms with E-state index in [9.17, 15) is 0 Å². The first-order chi connectivity index (χ1) is 3.33. The van der Waals surface area contributed by atoms with Gasteiger partial charge in [-0.2, -0.15) is 19.8 Å². The van der Waals surface area contributed by atoms with E-state index in [1.54, 1.807) is 13.0 Å². The number of hydrogen-bond donors (Lipinski definition) is 0. The van der Waals surface area contributed by atoms with Gasteiger partial charge in [-0.1, -0.05) is 7.43 Å². The zero-order chi connectivity index (χ0) is 5.28. The molecule has 0 saturated heterocycles. The largest absolute Gasteiger partial charge is 0.387 e. The molecule has 0 aromatic rings. The maximum atomic E-state index is 5.04. The van der Waals surface area contributed by atoms with Gasteiger partial charge in [-0.3, -0.25) is 0 Å². The Morgan fingerprint density at radius 1 is 1.40 bits per heavy atom. The number of hydrogen-bond acceptors (Lipinski definition) is 1. The maximum Gasteiger partial charge on any atom is 0.0356 e. The van der Waals surface area contributed by atoms with E-state index in [0.29, 0.717) is 6.10 Å². The molecule has 0 N–H and O–H groups in total. The summed E-state index contributed by atoms with van der Waals surface area (Å²) in [5.41, 5.74) is 0. The third kappa shape index (κ3) is 5.41. The molecule has 1 saturated carbocycles. The molecule has 0 aromatic heterocycles. The molecule has 1 rings (SSSR count). The Morgan fingerprint density at radius 2 is 1.80 bits per heavy atom. The summed E-state index contributed by atoms with van der Waals surface area (Å²) in [5.74, 6) is 1.58. The van der Waals surface area contributed by atoms with E-state index in [2.05, 4.69) is 6.92 Å². The summed E-state index contributed by atoms with van der Waals surface area (Å²) >= 11 is 0. The van der Waals surface area contributed by atoms with Crippen LogP contribution in [0, 0.1) is 5.92 Å². The van der Waals surface area contributed by atoms with Crippen molar-refractivity contribution in [3.8, 4) is 0 Å². The van der Waals surface area contributed by atoms with E-state index in [1.807, 2.05) is 0 Å². The van der Waals surface area contributed by atoms with Crippen molar-refractivity contribution in [3.05, 3.63) is 5.92 Å². The van der Waals surface area contributed by atoms with Gasteiger partial charge in [-0.05, 0) is 0 Å². The average Bonchev–Trinajstić information content (AvgIpc) is 1.58. The van der Waals surface area contributed by atoms with Crippen molar-refractivity contribution in [2.24, 2.45) is 0 Å². The van der Waals surface area contributed by atoms with Crippen LogP contribution in [0.1, 0.15) is 27.2 Å². The first kappa shape index (κ1) is 17.7. The van der Waals surface area contributed by atoms with Gasteiger partial charge in [0.05, 0.1) is 0 Å². The first-order valence-corrected chi connectivity index (χ1v) is 2.67. The van der Waals surface area contributed by atoms with Gasteiger partial charge in [-0.25, -0.2) is 0 Å². The molecule has 0 unspecified atom stereocenters. The Balaban J connectivity index is -0.000000163. The van der Waals surface area contributed by atoms with E-state index in [4.69, 9.17) is 4.74 Å². The van der Waals surface area contributed by atoms with Crippen LogP contribution in [0.25, 0.3) is 0 Å². The molecule has 1 radical (unpaired) electrons. The van der Waals surface area contributed by atoms with Gasteiger partial charge in [0.2, 0.25) is 0 Å². The van der Waals surface area contributed by atoms with Gasteiger partial charge in [-0.15, -0.1) is 0 Å². The maximum absolute atomic E-state index is 5.04. The van der Waals surface area contributed by atoms with Crippen molar-refractivity contribution >= 4 is 0 Å². The molecule has 0 bridgehead atoms. The summed E-state index contributed by atoms with van der Waals surface area (Å²) in [6.45, 7) is 2.18. The van der Waals surface area contributed by atoms with Crippen LogP contribution in [0.4, 0.5) is 0 Å². The van der Waals surface area contributed by atoms with Crippen molar-refractivity contribution in [3.63, 3.8) is 0 Å². The molecule has 1 aliphatic rings. The Bertz CT molecular complexity index is 64.6. The molecule has 1 nitrogen and oxygen atoms in total. The van der Waals surface area contributed by atoms with Crippen molar-refractivity contribution in [2.75, 3.05) is 7.11 Å². The van der Waals surface area contributed by atoms with Gasteiger partial charge in [0.1, 0.15) is 0 Å². The Kier molecular flexibility index (Phi) is 15.7. The molecule has 1 aliphatic carbocycles. The summed E-state index contributed by atoms with van der Waals surface area (Å²) in [5, 5.41) is 0. The van der Waals surface area contributed by atoms with Crippen LogP contribution in [0.15, 0.2) is 0 Å². The third-order valence-corrected chi connectivity index (χ3v) is 1.49. The first-order valence-electron chi connectivity index (χ1n) is 2.67. The summed E-state index contributed by atoms with van der Waals surface area (Å²) < 4.78 is 5.04. The van der Waals surface area contributed by atoms with Crippen LogP contribution in [0.3, 0.4) is 0 Å². The minimum absolute atomic E-state index is 0. The smallest absolute Gasteiger partial charge is 0.0356 e. The van der Waals surface area contributed by atoms with E-state index in [0.717, 1.165) is 0 Å². The molecule has 1 fully saturated rings. The monoisotopic (exact) mass is 388 g/mol. The van der Waals surface area contributed by atoms with Gasteiger partial charge in [0, 0.05) is 67.0 Å². The minimum Gasteiger partial charge on any atom is -0.387 e. The fraction of sp³-hybridized carbons (Fsp3) is 0.857. The summed E-state index contributed by atoms with van der Waals surface area (Å²) in [6, 6.07) is 0. The van der Waals surface area contributed by atoms with Gasteiger partial charge in [0.15, 0.2) is 0 Å².